The summed E-state index contributed by atoms with van der Waals surface area (Å²) < 4.78 is 11.3. The average molecular weight is 356 g/mol. The molecule has 1 aliphatic heterocycles. The van der Waals surface area contributed by atoms with E-state index in [0.29, 0.717) is 0 Å². The van der Waals surface area contributed by atoms with Gasteiger partial charge in [0, 0.05) is 35.8 Å². The molecule has 0 N–H and O–H groups in total. The summed E-state index contributed by atoms with van der Waals surface area (Å²) in [5.41, 5.74) is 5.05. The largest absolute Gasteiger partial charge is 0.456 e. The molecule has 0 saturated carbocycles. The number of morpholine rings is 1. The summed E-state index contributed by atoms with van der Waals surface area (Å²) in [5.74, 6) is 0. The van der Waals surface area contributed by atoms with Gasteiger partial charge in [-0.05, 0) is 42.0 Å². The molecule has 134 valence electrons. The standard InChI is InChI=1S/C23H20N2O2/c1-2-4-22-20(3-1)21-15-18(7-10-23(21)27-22)24-16-17-5-8-19(9-6-17)25-11-13-26-14-12-25/h1-10,15-16H,11-14H2. The molecule has 0 amide bonds. The predicted molar refractivity (Wildman–Crippen MR) is 110 cm³/mol. The third-order valence-corrected chi connectivity index (χ3v) is 4.99. The van der Waals surface area contributed by atoms with Gasteiger partial charge in [-0.15, -0.1) is 0 Å². The predicted octanol–water partition coefficient (Wildman–Crippen LogP) is 5.17. The van der Waals surface area contributed by atoms with Gasteiger partial charge in [0.15, 0.2) is 0 Å². The minimum absolute atomic E-state index is 0.800. The zero-order valence-electron chi connectivity index (χ0n) is 15.0. The molecular formula is C23H20N2O2. The van der Waals surface area contributed by atoms with Crippen molar-refractivity contribution in [3.05, 3.63) is 72.3 Å². The van der Waals surface area contributed by atoms with Crippen LogP contribution >= 0.6 is 0 Å². The van der Waals surface area contributed by atoms with Gasteiger partial charge in [-0.25, -0.2) is 0 Å². The van der Waals surface area contributed by atoms with Crippen molar-refractivity contribution in [1.82, 2.24) is 0 Å². The van der Waals surface area contributed by atoms with Crippen LogP contribution in [-0.4, -0.2) is 32.5 Å². The van der Waals surface area contributed by atoms with Crippen molar-refractivity contribution >= 4 is 39.5 Å². The van der Waals surface area contributed by atoms with Gasteiger partial charge >= 0.3 is 0 Å². The number of nitrogens with zero attached hydrogens (tertiary/aromatic N) is 2. The van der Waals surface area contributed by atoms with E-state index in [1.54, 1.807) is 0 Å². The highest BCUT2D eigenvalue weighted by atomic mass is 16.5. The number of ether oxygens (including phenoxy) is 1. The van der Waals surface area contributed by atoms with Gasteiger partial charge in [0.2, 0.25) is 0 Å². The van der Waals surface area contributed by atoms with Gasteiger partial charge in [-0.2, -0.15) is 0 Å². The Bertz CT molecular complexity index is 1110. The normalized spacial score (nSPS) is 15.2. The van der Waals surface area contributed by atoms with E-state index in [0.717, 1.165) is 59.5 Å². The Morgan fingerprint density at radius 3 is 2.44 bits per heavy atom. The molecule has 0 unspecified atom stereocenters. The molecule has 1 saturated heterocycles. The van der Waals surface area contributed by atoms with Crippen LogP contribution in [0.3, 0.4) is 0 Å². The molecule has 2 heterocycles. The van der Waals surface area contributed by atoms with E-state index in [1.165, 1.54) is 5.69 Å². The maximum absolute atomic E-state index is 5.88. The monoisotopic (exact) mass is 356 g/mol. The Morgan fingerprint density at radius 2 is 1.59 bits per heavy atom. The van der Waals surface area contributed by atoms with Crippen molar-refractivity contribution in [3.8, 4) is 0 Å². The lowest BCUT2D eigenvalue weighted by Crippen LogP contribution is -2.36. The van der Waals surface area contributed by atoms with Crippen molar-refractivity contribution in [3.63, 3.8) is 0 Å². The van der Waals surface area contributed by atoms with Crippen LogP contribution in [0.15, 0.2) is 76.1 Å². The second-order valence-electron chi connectivity index (χ2n) is 6.73. The van der Waals surface area contributed by atoms with E-state index < -0.39 is 0 Å². The van der Waals surface area contributed by atoms with Gasteiger partial charge in [-0.3, -0.25) is 4.99 Å². The zero-order chi connectivity index (χ0) is 18.1. The zero-order valence-corrected chi connectivity index (χ0v) is 15.0. The molecule has 4 aromatic rings. The summed E-state index contributed by atoms with van der Waals surface area (Å²) in [4.78, 5) is 7.00. The van der Waals surface area contributed by atoms with E-state index in [2.05, 4.69) is 46.3 Å². The highest BCUT2D eigenvalue weighted by Crippen LogP contribution is 2.31. The first-order chi connectivity index (χ1) is 13.4. The number of aliphatic imine (C=N–C) groups is 1. The second-order valence-corrected chi connectivity index (χ2v) is 6.73. The van der Waals surface area contributed by atoms with Crippen LogP contribution in [0, 0.1) is 0 Å². The second kappa shape index (κ2) is 6.89. The number of benzene rings is 3. The van der Waals surface area contributed by atoms with Crippen LogP contribution in [0.2, 0.25) is 0 Å². The van der Waals surface area contributed by atoms with Crippen molar-refractivity contribution in [2.24, 2.45) is 4.99 Å². The summed E-state index contributed by atoms with van der Waals surface area (Å²) >= 11 is 0. The fourth-order valence-corrected chi connectivity index (χ4v) is 3.54. The van der Waals surface area contributed by atoms with Crippen molar-refractivity contribution in [2.75, 3.05) is 31.2 Å². The van der Waals surface area contributed by atoms with Crippen LogP contribution in [-0.2, 0) is 4.74 Å². The SMILES string of the molecule is C(=Nc1ccc2oc3ccccc3c2c1)c1ccc(N2CCOCC2)cc1. The highest BCUT2D eigenvalue weighted by molar-refractivity contribution is 6.05. The Hall–Kier alpha value is -3.11. The number of fused-ring (bicyclic) bond motifs is 3. The summed E-state index contributed by atoms with van der Waals surface area (Å²) in [6.07, 6.45) is 1.91. The van der Waals surface area contributed by atoms with E-state index in [-0.39, 0.29) is 0 Å². The summed E-state index contributed by atoms with van der Waals surface area (Å²) in [7, 11) is 0. The molecule has 1 aromatic heterocycles. The fraction of sp³-hybridized carbons (Fsp3) is 0.174. The maximum atomic E-state index is 5.88. The van der Waals surface area contributed by atoms with Gasteiger partial charge in [0.25, 0.3) is 0 Å². The van der Waals surface area contributed by atoms with Gasteiger partial charge in [0.1, 0.15) is 11.2 Å². The summed E-state index contributed by atoms with van der Waals surface area (Å²) in [6, 6.07) is 22.7. The highest BCUT2D eigenvalue weighted by Gasteiger charge is 2.10. The van der Waals surface area contributed by atoms with Crippen molar-refractivity contribution < 1.29 is 9.15 Å². The first-order valence-electron chi connectivity index (χ1n) is 9.25. The Balaban J connectivity index is 1.39. The number of furan rings is 1. The molecule has 0 bridgehead atoms. The average Bonchev–Trinajstić information content (AvgIpc) is 3.11. The van der Waals surface area contributed by atoms with Gasteiger partial charge < -0.3 is 14.1 Å². The van der Waals surface area contributed by atoms with Crippen LogP contribution < -0.4 is 4.90 Å². The van der Waals surface area contributed by atoms with E-state index >= 15 is 0 Å². The smallest absolute Gasteiger partial charge is 0.135 e. The van der Waals surface area contributed by atoms with Crippen molar-refractivity contribution in [2.45, 2.75) is 0 Å². The van der Waals surface area contributed by atoms with Crippen LogP contribution in [0.5, 0.6) is 0 Å². The molecule has 27 heavy (non-hydrogen) atoms. The van der Waals surface area contributed by atoms with E-state index in [9.17, 15) is 0 Å². The van der Waals surface area contributed by atoms with E-state index in [1.807, 2.05) is 36.5 Å². The fourth-order valence-electron chi connectivity index (χ4n) is 3.54. The van der Waals surface area contributed by atoms with Crippen molar-refractivity contribution in [1.29, 1.82) is 0 Å². The molecule has 0 spiro atoms. The number of hydrogen-bond donors (Lipinski definition) is 0. The molecule has 1 fully saturated rings. The number of para-hydroxylation sites is 1. The molecule has 4 heteroatoms. The molecule has 1 aliphatic rings. The lowest BCUT2D eigenvalue weighted by Gasteiger charge is -2.28. The van der Waals surface area contributed by atoms with Crippen LogP contribution in [0.25, 0.3) is 21.9 Å². The topological polar surface area (TPSA) is 38.0 Å². The minimum atomic E-state index is 0.800. The Kier molecular flexibility index (Phi) is 4.11. The third kappa shape index (κ3) is 3.20. The lowest BCUT2D eigenvalue weighted by molar-refractivity contribution is 0.122. The molecule has 5 rings (SSSR count). The Morgan fingerprint density at radius 1 is 0.815 bits per heavy atom. The van der Waals surface area contributed by atoms with Crippen LogP contribution in [0.4, 0.5) is 11.4 Å². The lowest BCUT2D eigenvalue weighted by atomic mass is 10.1. The molecule has 0 atom stereocenters. The van der Waals surface area contributed by atoms with E-state index in [4.69, 9.17) is 9.15 Å². The molecule has 0 radical (unpaired) electrons. The third-order valence-electron chi connectivity index (χ3n) is 4.99. The number of anilines is 1. The molecular weight excluding hydrogens is 336 g/mol. The molecule has 4 nitrogen and oxygen atoms in total. The van der Waals surface area contributed by atoms with Crippen LogP contribution in [0.1, 0.15) is 5.56 Å². The number of hydrogen-bond acceptors (Lipinski definition) is 4. The molecule has 3 aromatic carbocycles. The number of rotatable bonds is 3. The van der Waals surface area contributed by atoms with Gasteiger partial charge in [-0.1, -0.05) is 30.3 Å². The quantitative estimate of drug-likeness (QED) is 0.475. The Labute approximate surface area is 157 Å². The summed E-state index contributed by atoms with van der Waals surface area (Å²) in [5, 5.41) is 2.22. The minimum Gasteiger partial charge on any atom is -0.456 e. The first-order valence-corrected chi connectivity index (χ1v) is 9.25. The first kappa shape index (κ1) is 16.1. The maximum Gasteiger partial charge on any atom is 0.135 e. The molecule has 0 aliphatic carbocycles. The summed E-state index contributed by atoms with van der Waals surface area (Å²) in [6.45, 7) is 3.50. The van der Waals surface area contributed by atoms with Gasteiger partial charge in [0.05, 0.1) is 18.9 Å².